The molecule has 2 aliphatic rings. The number of hydrogen-bond donors (Lipinski definition) is 1. The zero-order chi connectivity index (χ0) is 13.9. The minimum absolute atomic E-state index is 0.286. The lowest BCUT2D eigenvalue weighted by Gasteiger charge is -2.36. The van der Waals surface area contributed by atoms with Crippen LogP contribution in [0.3, 0.4) is 0 Å². The van der Waals surface area contributed by atoms with E-state index in [1.54, 1.807) is 6.07 Å². The molecular formula is C16H23ClN2O. The van der Waals surface area contributed by atoms with Crippen molar-refractivity contribution in [2.75, 3.05) is 18.8 Å². The first-order chi connectivity index (χ1) is 9.72. The summed E-state index contributed by atoms with van der Waals surface area (Å²) in [6.45, 7) is 2.31. The van der Waals surface area contributed by atoms with Gasteiger partial charge in [0.25, 0.3) is 0 Å². The summed E-state index contributed by atoms with van der Waals surface area (Å²) in [5.41, 5.74) is 6.38. The number of rotatable bonds is 3. The average molecular weight is 295 g/mol. The predicted octanol–water partition coefficient (Wildman–Crippen LogP) is 3.71. The summed E-state index contributed by atoms with van der Waals surface area (Å²) in [5, 5.41) is 0.614. The van der Waals surface area contributed by atoms with Gasteiger partial charge < -0.3 is 15.4 Å². The molecule has 1 aromatic rings. The van der Waals surface area contributed by atoms with Crippen LogP contribution in [0.15, 0.2) is 18.2 Å². The van der Waals surface area contributed by atoms with E-state index in [9.17, 15) is 0 Å². The molecule has 0 spiro atoms. The number of piperidine rings is 1. The Bertz CT molecular complexity index is 452. The fraction of sp³-hybridized carbons (Fsp3) is 0.625. The molecule has 1 aliphatic heterocycles. The summed E-state index contributed by atoms with van der Waals surface area (Å²) in [5.74, 6) is 0.764. The summed E-state index contributed by atoms with van der Waals surface area (Å²) in [6.07, 6.45) is 8.05. The number of nitrogen functional groups attached to an aromatic ring is 1. The third kappa shape index (κ3) is 3.21. The van der Waals surface area contributed by atoms with Crippen molar-refractivity contribution in [2.24, 2.45) is 0 Å². The van der Waals surface area contributed by atoms with Crippen molar-refractivity contribution in [3.05, 3.63) is 23.2 Å². The number of benzene rings is 1. The summed E-state index contributed by atoms with van der Waals surface area (Å²) in [7, 11) is 0. The van der Waals surface area contributed by atoms with Crippen LogP contribution < -0.4 is 10.5 Å². The number of anilines is 1. The van der Waals surface area contributed by atoms with Crippen molar-refractivity contribution in [1.29, 1.82) is 0 Å². The minimum Gasteiger partial charge on any atom is -0.489 e. The molecule has 0 amide bonds. The first kappa shape index (κ1) is 14.0. The second-order valence-corrected chi connectivity index (χ2v) is 6.39. The fourth-order valence-corrected chi connectivity index (χ4v) is 3.65. The molecule has 1 aliphatic carbocycles. The van der Waals surface area contributed by atoms with E-state index in [4.69, 9.17) is 22.1 Å². The first-order valence-corrected chi connectivity index (χ1v) is 8.06. The lowest BCUT2D eigenvalue weighted by molar-refractivity contribution is 0.0769. The third-order valence-electron chi connectivity index (χ3n) is 4.57. The Kier molecular flexibility index (Phi) is 4.37. The van der Waals surface area contributed by atoms with Gasteiger partial charge in [0.2, 0.25) is 0 Å². The van der Waals surface area contributed by atoms with Gasteiger partial charge in [-0.15, -0.1) is 0 Å². The summed E-state index contributed by atoms with van der Waals surface area (Å²) in [4.78, 5) is 2.65. The molecule has 2 fully saturated rings. The number of nitrogens with two attached hydrogens (primary N) is 1. The molecule has 0 aromatic heterocycles. The molecule has 110 valence electrons. The van der Waals surface area contributed by atoms with Gasteiger partial charge in [-0.2, -0.15) is 0 Å². The Balaban J connectivity index is 1.53. The molecule has 0 bridgehead atoms. The van der Waals surface area contributed by atoms with Gasteiger partial charge in [-0.1, -0.05) is 24.4 Å². The summed E-state index contributed by atoms with van der Waals surface area (Å²) < 4.78 is 6.04. The summed E-state index contributed by atoms with van der Waals surface area (Å²) >= 11 is 6.17. The maximum Gasteiger partial charge on any atom is 0.138 e. The molecule has 3 nitrogen and oxygen atoms in total. The second-order valence-electron chi connectivity index (χ2n) is 5.98. The van der Waals surface area contributed by atoms with Gasteiger partial charge >= 0.3 is 0 Å². The number of hydrogen-bond acceptors (Lipinski definition) is 3. The number of likely N-dealkylation sites (tertiary alicyclic amines) is 1. The molecule has 0 atom stereocenters. The van der Waals surface area contributed by atoms with Gasteiger partial charge in [0, 0.05) is 24.8 Å². The largest absolute Gasteiger partial charge is 0.489 e. The van der Waals surface area contributed by atoms with E-state index in [2.05, 4.69) is 4.90 Å². The minimum atomic E-state index is 0.286. The highest BCUT2D eigenvalue weighted by Gasteiger charge is 2.27. The maximum absolute atomic E-state index is 6.17. The van der Waals surface area contributed by atoms with E-state index >= 15 is 0 Å². The van der Waals surface area contributed by atoms with E-state index in [1.807, 2.05) is 12.1 Å². The fourth-order valence-electron chi connectivity index (χ4n) is 3.42. The van der Waals surface area contributed by atoms with Crippen molar-refractivity contribution in [3.63, 3.8) is 0 Å². The summed E-state index contributed by atoms with van der Waals surface area (Å²) in [6, 6.07) is 6.30. The van der Waals surface area contributed by atoms with Gasteiger partial charge in [-0.25, -0.2) is 0 Å². The lowest BCUT2D eigenvalue weighted by Crippen LogP contribution is -2.43. The molecule has 0 radical (unpaired) electrons. The van der Waals surface area contributed by atoms with Gasteiger partial charge in [-0.05, 0) is 43.9 Å². The normalized spacial score (nSPS) is 22.2. The lowest BCUT2D eigenvalue weighted by atomic mass is 10.0. The number of nitrogens with zero attached hydrogens (tertiary/aromatic N) is 1. The van der Waals surface area contributed by atoms with Crippen LogP contribution in [0, 0.1) is 0 Å². The van der Waals surface area contributed by atoms with E-state index in [1.165, 1.54) is 25.7 Å². The van der Waals surface area contributed by atoms with E-state index in [0.717, 1.165) is 37.7 Å². The molecule has 1 aromatic carbocycles. The van der Waals surface area contributed by atoms with Crippen molar-refractivity contribution in [2.45, 2.75) is 50.7 Å². The third-order valence-corrected chi connectivity index (χ3v) is 4.86. The quantitative estimate of drug-likeness (QED) is 0.864. The molecule has 20 heavy (non-hydrogen) atoms. The molecule has 0 unspecified atom stereocenters. The Hall–Kier alpha value is -0.930. The van der Waals surface area contributed by atoms with Crippen LogP contribution in [-0.4, -0.2) is 30.1 Å². The number of halogens is 1. The Labute approximate surface area is 126 Å². The van der Waals surface area contributed by atoms with E-state index < -0.39 is 0 Å². The Morgan fingerprint density at radius 3 is 2.45 bits per heavy atom. The van der Waals surface area contributed by atoms with E-state index in [-0.39, 0.29) is 6.10 Å². The van der Waals surface area contributed by atoms with Crippen LogP contribution in [0.25, 0.3) is 0 Å². The van der Waals surface area contributed by atoms with Crippen LogP contribution >= 0.6 is 11.6 Å². The van der Waals surface area contributed by atoms with E-state index in [0.29, 0.717) is 10.7 Å². The van der Waals surface area contributed by atoms with Crippen molar-refractivity contribution in [1.82, 2.24) is 4.90 Å². The zero-order valence-electron chi connectivity index (χ0n) is 11.9. The van der Waals surface area contributed by atoms with Gasteiger partial charge in [0.05, 0.1) is 5.02 Å². The maximum atomic E-state index is 6.17. The highest BCUT2D eigenvalue weighted by atomic mass is 35.5. The smallest absolute Gasteiger partial charge is 0.138 e. The standard InChI is InChI=1S/C16H23ClN2O/c17-15-11-12(18)5-6-16(15)20-14-7-9-19(10-8-14)13-3-1-2-4-13/h5-6,11,13-14H,1-4,7-10,18H2. The zero-order valence-corrected chi connectivity index (χ0v) is 12.6. The van der Waals surface area contributed by atoms with Crippen molar-refractivity contribution >= 4 is 17.3 Å². The predicted molar refractivity (Wildman–Crippen MR) is 83.3 cm³/mol. The van der Waals surface area contributed by atoms with Crippen molar-refractivity contribution < 1.29 is 4.74 Å². The second kappa shape index (κ2) is 6.23. The van der Waals surface area contributed by atoms with Crippen LogP contribution in [0.1, 0.15) is 38.5 Å². The van der Waals surface area contributed by atoms with Crippen LogP contribution in [0.2, 0.25) is 5.02 Å². The van der Waals surface area contributed by atoms with Crippen molar-refractivity contribution in [3.8, 4) is 5.75 Å². The highest BCUT2D eigenvalue weighted by molar-refractivity contribution is 6.32. The number of ether oxygens (including phenoxy) is 1. The molecule has 3 rings (SSSR count). The van der Waals surface area contributed by atoms with Crippen LogP contribution in [-0.2, 0) is 0 Å². The molecule has 1 heterocycles. The molecule has 1 saturated carbocycles. The molecule has 2 N–H and O–H groups in total. The topological polar surface area (TPSA) is 38.5 Å². The average Bonchev–Trinajstić information content (AvgIpc) is 2.97. The molecular weight excluding hydrogens is 272 g/mol. The monoisotopic (exact) mass is 294 g/mol. The van der Waals surface area contributed by atoms with Crippen LogP contribution in [0.5, 0.6) is 5.75 Å². The van der Waals surface area contributed by atoms with Gasteiger partial charge in [0.1, 0.15) is 11.9 Å². The van der Waals surface area contributed by atoms with Crippen LogP contribution in [0.4, 0.5) is 5.69 Å². The van der Waals surface area contributed by atoms with Gasteiger partial charge in [0.15, 0.2) is 0 Å². The Morgan fingerprint density at radius 1 is 1.10 bits per heavy atom. The first-order valence-electron chi connectivity index (χ1n) is 7.68. The molecule has 4 heteroatoms. The van der Waals surface area contributed by atoms with Gasteiger partial charge in [-0.3, -0.25) is 0 Å². The SMILES string of the molecule is Nc1ccc(OC2CCN(C3CCCC3)CC2)c(Cl)c1. The highest BCUT2D eigenvalue weighted by Crippen LogP contribution is 2.31. The molecule has 1 saturated heterocycles. The Morgan fingerprint density at radius 2 is 1.80 bits per heavy atom.